The number of hydrogen-bond acceptors (Lipinski definition) is 3. The summed E-state index contributed by atoms with van der Waals surface area (Å²) in [5.41, 5.74) is 4.14. The summed E-state index contributed by atoms with van der Waals surface area (Å²) >= 11 is 5.96. The van der Waals surface area contributed by atoms with Crippen LogP contribution in [0.5, 0.6) is 5.75 Å². The third kappa shape index (κ3) is 4.77. The molecule has 1 saturated heterocycles. The SMILES string of the molecule is Clc1ccc(-c2ccc(C#Cc3ccc(OCC4(N5CCCC5)CC4)cc3)nc2)cc1. The van der Waals surface area contributed by atoms with E-state index in [1.165, 1.54) is 38.8 Å². The zero-order chi connectivity index (χ0) is 21.1. The highest BCUT2D eigenvalue weighted by atomic mass is 35.5. The van der Waals surface area contributed by atoms with E-state index >= 15 is 0 Å². The van der Waals surface area contributed by atoms with Crippen molar-refractivity contribution in [3.63, 3.8) is 0 Å². The van der Waals surface area contributed by atoms with E-state index in [0.717, 1.165) is 39.8 Å². The number of rotatable bonds is 5. The molecule has 2 heterocycles. The molecular weight excluding hydrogens is 404 g/mol. The Morgan fingerprint density at radius 3 is 2.23 bits per heavy atom. The van der Waals surface area contributed by atoms with Crippen LogP contribution in [0.1, 0.15) is 36.9 Å². The van der Waals surface area contributed by atoms with E-state index < -0.39 is 0 Å². The predicted octanol–water partition coefficient (Wildman–Crippen LogP) is 5.81. The Morgan fingerprint density at radius 2 is 1.58 bits per heavy atom. The molecule has 1 aliphatic heterocycles. The van der Waals surface area contributed by atoms with Crippen molar-refractivity contribution in [2.75, 3.05) is 19.7 Å². The van der Waals surface area contributed by atoms with Gasteiger partial charge in [-0.15, -0.1) is 0 Å². The van der Waals surface area contributed by atoms with Crippen molar-refractivity contribution in [3.8, 4) is 28.7 Å². The van der Waals surface area contributed by atoms with Gasteiger partial charge in [0, 0.05) is 22.3 Å². The molecule has 3 nitrogen and oxygen atoms in total. The van der Waals surface area contributed by atoms with Crippen molar-refractivity contribution in [3.05, 3.63) is 83.1 Å². The quantitative estimate of drug-likeness (QED) is 0.479. The molecule has 156 valence electrons. The van der Waals surface area contributed by atoms with Crippen LogP contribution in [0.2, 0.25) is 5.02 Å². The maximum atomic E-state index is 6.12. The van der Waals surface area contributed by atoms with E-state index in [4.69, 9.17) is 16.3 Å². The van der Waals surface area contributed by atoms with E-state index in [-0.39, 0.29) is 0 Å². The first kappa shape index (κ1) is 20.1. The molecule has 31 heavy (non-hydrogen) atoms. The molecule has 1 aromatic heterocycles. The van der Waals surface area contributed by atoms with Gasteiger partial charge in [-0.05, 0) is 92.7 Å². The molecule has 0 radical (unpaired) electrons. The number of likely N-dealkylation sites (tertiary alicyclic amines) is 1. The molecule has 3 aromatic rings. The molecule has 0 unspecified atom stereocenters. The summed E-state index contributed by atoms with van der Waals surface area (Å²) < 4.78 is 6.12. The summed E-state index contributed by atoms with van der Waals surface area (Å²) in [6.45, 7) is 3.25. The van der Waals surface area contributed by atoms with Crippen LogP contribution in [0.15, 0.2) is 66.9 Å². The van der Waals surface area contributed by atoms with Gasteiger partial charge in [-0.3, -0.25) is 4.90 Å². The molecule has 2 fully saturated rings. The van der Waals surface area contributed by atoms with Crippen molar-refractivity contribution in [2.24, 2.45) is 0 Å². The van der Waals surface area contributed by atoms with Gasteiger partial charge in [0.1, 0.15) is 18.1 Å². The number of benzene rings is 2. The third-order valence-corrected chi connectivity index (χ3v) is 6.49. The van der Waals surface area contributed by atoms with E-state index in [1.54, 1.807) is 0 Å². The highest BCUT2D eigenvalue weighted by Gasteiger charge is 2.49. The molecule has 0 N–H and O–H groups in total. The summed E-state index contributed by atoms with van der Waals surface area (Å²) in [5.74, 6) is 7.25. The van der Waals surface area contributed by atoms with E-state index in [9.17, 15) is 0 Å². The molecule has 2 aromatic carbocycles. The van der Waals surface area contributed by atoms with Crippen molar-refractivity contribution in [1.82, 2.24) is 9.88 Å². The van der Waals surface area contributed by atoms with Crippen molar-refractivity contribution < 1.29 is 4.74 Å². The predicted molar refractivity (Wildman–Crippen MR) is 125 cm³/mol. The Bertz CT molecular complexity index is 1090. The number of ether oxygens (including phenoxy) is 1. The number of aromatic nitrogens is 1. The Balaban J connectivity index is 1.19. The molecule has 0 bridgehead atoms. The minimum absolute atomic E-state index is 0.304. The Hall–Kier alpha value is -2.80. The topological polar surface area (TPSA) is 25.4 Å². The van der Waals surface area contributed by atoms with Crippen molar-refractivity contribution in [1.29, 1.82) is 0 Å². The van der Waals surface area contributed by atoms with Gasteiger partial charge >= 0.3 is 0 Å². The van der Waals surface area contributed by atoms with Gasteiger partial charge < -0.3 is 4.74 Å². The Morgan fingerprint density at radius 1 is 0.871 bits per heavy atom. The van der Waals surface area contributed by atoms with E-state index in [2.05, 4.69) is 21.7 Å². The molecule has 1 saturated carbocycles. The smallest absolute Gasteiger partial charge is 0.119 e. The van der Waals surface area contributed by atoms with Gasteiger partial charge in [0.15, 0.2) is 0 Å². The lowest BCUT2D eigenvalue weighted by atomic mass is 10.1. The maximum absolute atomic E-state index is 6.12. The second kappa shape index (κ2) is 8.75. The average Bonchev–Trinajstić information content (AvgIpc) is 3.39. The highest BCUT2D eigenvalue weighted by Crippen LogP contribution is 2.43. The summed E-state index contributed by atoms with van der Waals surface area (Å²) in [5, 5.41) is 0.731. The minimum Gasteiger partial charge on any atom is -0.492 e. The Kier molecular flexibility index (Phi) is 5.68. The van der Waals surface area contributed by atoms with Crippen LogP contribution in [-0.2, 0) is 0 Å². The van der Waals surface area contributed by atoms with Crippen LogP contribution in [0.3, 0.4) is 0 Å². The lowest BCUT2D eigenvalue weighted by Crippen LogP contribution is -2.39. The normalized spacial score (nSPS) is 17.1. The number of nitrogens with zero attached hydrogens (tertiary/aromatic N) is 2. The molecule has 4 heteroatoms. The molecule has 0 spiro atoms. The molecule has 2 aliphatic rings. The monoisotopic (exact) mass is 428 g/mol. The molecular formula is C27H25ClN2O. The van der Waals surface area contributed by atoms with Crippen LogP contribution < -0.4 is 4.74 Å². The van der Waals surface area contributed by atoms with E-state index in [1.807, 2.05) is 66.9 Å². The summed E-state index contributed by atoms with van der Waals surface area (Å²) in [6, 6.07) is 19.8. The Labute approximate surface area is 189 Å². The summed E-state index contributed by atoms with van der Waals surface area (Å²) in [4.78, 5) is 7.10. The van der Waals surface area contributed by atoms with Crippen molar-refractivity contribution in [2.45, 2.75) is 31.2 Å². The second-order valence-corrected chi connectivity index (χ2v) is 8.86. The average molecular weight is 429 g/mol. The molecule has 0 atom stereocenters. The highest BCUT2D eigenvalue weighted by molar-refractivity contribution is 6.30. The fourth-order valence-electron chi connectivity index (χ4n) is 4.16. The number of hydrogen-bond donors (Lipinski definition) is 0. The minimum atomic E-state index is 0.304. The standard InChI is InChI=1S/C27H25ClN2O/c28-24-9-6-22(7-10-24)23-8-12-25(29-19-23)11-3-21-4-13-26(14-5-21)31-20-27(15-16-27)30-17-1-2-18-30/h4-10,12-14,19H,1-2,15-18,20H2. The van der Waals surface area contributed by atoms with Crippen LogP contribution in [0.25, 0.3) is 11.1 Å². The number of halogens is 1. The fraction of sp³-hybridized carbons (Fsp3) is 0.296. The first-order chi connectivity index (χ1) is 15.2. The first-order valence-corrected chi connectivity index (χ1v) is 11.3. The van der Waals surface area contributed by atoms with Gasteiger partial charge in [-0.25, -0.2) is 4.98 Å². The fourth-order valence-corrected chi connectivity index (χ4v) is 4.28. The molecule has 0 amide bonds. The zero-order valence-electron chi connectivity index (χ0n) is 17.5. The lowest BCUT2D eigenvalue weighted by Gasteiger charge is -2.27. The lowest BCUT2D eigenvalue weighted by molar-refractivity contribution is 0.141. The number of pyridine rings is 1. The second-order valence-electron chi connectivity index (χ2n) is 8.42. The van der Waals surface area contributed by atoms with Gasteiger partial charge in [0.2, 0.25) is 0 Å². The van der Waals surface area contributed by atoms with Gasteiger partial charge in [0.25, 0.3) is 0 Å². The first-order valence-electron chi connectivity index (χ1n) is 10.9. The van der Waals surface area contributed by atoms with E-state index in [0.29, 0.717) is 5.54 Å². The van der Waals surface area contributed by atoms with Crippen LogP contribution >= 0.6 is 11.6 Å². The van der Waals surface area contributed by atoms with Crippen LogP contribution in [-0.4, -0.2) is 35.1 Å². The summed E-state index contributed by atoms with van der Waals surface area (Å²) in [6.07, 6.45) is 7.03. The van der Waals surface area contributed by atoms with Crippen LogP contribution in [0.4, 0.5) is 0 Å². The zero-order valence-corrected chi connectivity index (χ0v) is 18.2. The largest absolute Gasteiger partial charge is 0.492 e. The van der Waals surface area contributed by atoms with Gasteiger partial charge in [-0.1, -0.05) is 35.7 Å². The summed E-state index contributed by atoms with van der Waals surface area (Å²) in [7, 11) is 0. The molecule has 1 aliphatic carbocycles. The third-order valence-electron chi connectivity index (χ3n) is 6.24. The maximum Gasteiger partial charge on any atom is 0.119 e. The van der Waals surface area contributed by atoms with Crippen LogP contribution in [0, 0.1) is 11.8 Å². The van der Waals surface area contributed by atoms with Gasteiger partial charge in [0.05, 0.1) is 5.54 Å². The van der Waals surface area contributed by atoms with Gasteiger partial charge in [-0.2, -0.15) is 0 Å². The molecule has 5 rings (SSSR count). The van der Waals surface area contributed by atoms with Crippen molar-refractivity contribution >= 4 is 11.6 Å².